The van der Waals surface area contributed by atoms with Crippen LogP contribution in [0, 0.1) is 0 Å². The zero-order valence-electron chi connectivity index (χ0n) is 22.9. The van der Waals surface area contributed by atoms with Gasteiger partial charge >= 0.3 is 12.0 Å². The molecular formula is C33H36N2O4S. The van der Waals surface area contributed by atoms with Crippen molar-refractivity contribution in [3.05, 3.63) is 118 Å². The highest BCUT2D eigenvalue weighted by Gasteiger charge is 2.51. The van der Waals surface area contributed by atoms with Gasteiger partial charge in [0, 0.05) is 24.4 Å². The Kier molecular flexibility index (Phi) is 8.80. The van der Waals surface area contributed by atoms with Crippen molar-refractivity contribution >= 4 is 23.8 Å². The van der Waals surface area contributed by atoms with Gasteiger partial charge in [-0.25, -0.2) is 9.59 Å². The lowest BCUT2D eigenvalue weighted by Crippen LogP contribution is -2.58. The van der Waals surface area contributed by atoms with E-state index in [2.05, 4.69) is 0 Å². The standard InChI is InChI=1S/C33H36N2O4S/c1-34(28-19-11-12-20-28)32(38)35(24-26-15-7-3-8-16-26)33(27-17-9-4-10-18-27)23-29(36)30(31(37)39-33)40-22-21-25-13-5-2-6-14-25/h2-10,13-18,28,36H,11-12,19-24H2,1H3. The van der Waals surface area contributed by atoms with E-state index in [0.29, 0.717) is 11.3 Å². The number of carbonyl (C=O) groups excluding carboxylic acids is 2. The summed E-state index contributed by atoms with van der Waals surface area (Å²) >= 11 is 1.30. The first-order valence-electron chi connectivity index (χ1n) is 13.9. The normalized spacial score (nSPS) is 19.4. The molecule has 5 rings (SSSR count). The van der Waals surface area contributed by atoms with Gasteiger partial charge in [-0.05, 0) is 30.4 Å². The topological polar surface area (TPSA) is 70.1 Å². The molecule has 6 nitrogen and oxygen atoms in total. The van der Waals surface area contributed by atoms with Gasteiger partial charge in [0.15, 0.2) is 0 Å². The number of aliphatic hydroxyl groups is 1. The van der Waals surface area contributed by atoms with Crippen LogP contribution in [0.4, 0.5) is 4.79 Å². The summed E-state index contributed by atoms with van der Waals surface area (Å²) in [5.74, 6) is -0.0407. The number of carbonyl (C=O) groups is 2. The molecule has 0 aromatic heterocycles. The number of hydrogen-bond acceptors (Lipinski definition) is 5. The molecule has 208 valence electrons. The number of aryl methyl sites for hydroxylation is 1. The number of nitrogens with zero attached hydrogens (tertiary/aromatic N) is 2. The van der Waals surface area contributed by atoms with Gasteiger partial charge in [0.2, 0.25) is 5.72 Å². The number of aliphatic hydroxyl groups excluding tert-OH is 1. The number of thioether (sulfide) groups is 1. The number of cyclic esters (lactones) is 1. The number of ether oxygens (including phenoxy) is 1. The Balaban J connectivity index is 1.50. The van der Waals surface area contributed by atoms with Gasteiger partial charge in [-0.3, -0.25) is 4.90 Å². The molecule has 1 saturated carbocycles. The van der Waals surface area contributed by atoms with Crippen LogP contribution in [0.25, 0.3) is 0 Å². The third-order valence-corrected chi connectivity index (χ3v) is 8.94. The highest BCUT2D eigenvalue weighted by atomic mass is 32.2. The van der Waals surface area contributed by atoms with Crippen molar-refractivity contribution < 1.29 is 19.4 Å². The Hall–Kier alpha value is -3.71. The van der Waals surface area contributed by atoms with Crippen molar-refractivity contribution in [2.24, 2.45) is 0 Å². The smallest absolute Gasteiger partial charge is 0.350 e. The second-order valence-electron chi connectivity index (χ2n) is 10.5. The van der Waals surface area contributed by atoms with Crippen LogP contribution in [-0.4, -0.2) is 45.7 Å². The van der Waals surface area contributed by atoms with Crippen molar-refractivity contribution in [2.75, 3.05) is 12.8 Å². The molecule has 1 aliphatic heterocycles. The van der Waals surface area contributed by atoms with E-state index in [-0.39, 0.29) is 35.7 Å². The predicted molar refractivity (Wildman–Crippen MR) is 158 cm³/mol. The molecule has 0 saturated heterocycles. The Labute approximate surface area is 240 Å². The Morgan fingerprint density at radius 3 is 2.10 bits per heavy atom. The second kappa shape index (κ2) is 12.6. The van der Waals surface area contributed by atoms with Crippen LogP contribution >= 0.6 is 11.8 Å². The van der Waals surface area contributed by atoms with E-state index in [1.165, 1.54) is 11.8 Å². The monoisotopic (exact) mass is 556 g/mol. The number of urea groups is 1. The van der Waals surface area contributed by atoms with E-state index in [1.54, 1.807) is 9.80 Å². The third-order valence-electron chi connectivity index (χ3n) is 7.85. The first-order chi connectivity index (χ1) is 19.5. The molecule has 1 aliphatic carbocycles. The highest BCUT2D eigenvalue weighted by molar-refractivity contribution is 8.04. The first-order valence-corrected chi connectivity index (χ1v) is 14.9. The predicted octanol–water partition coefficient (Wildman–Crippen LogP) is 7.03. The van der Waals surface area contributed by atoms with Gasteiger partial charge in [-0.2, -0.15) is 0 Å². The van der Waals surface area contributed by atoms with Crippen molar-refractivity contribution in [3.8, 4) is 0 Å². The Morgan fingerprint density at radius 1 is 0.925 bits per heavy atom. The summed E-state index contributed by atoms with van der Waals surface area (Å²) < 4.78 is 6.31. The summed E-state index contributed by atoms with van der Waals surface area (Å²) in [5.41, 5.74) is 1.22. The molecule has 3 aromatic rings. The van der Waals surface area contributed by atoms with Crippen LogP contribution in [0.5, 0.6) is 0 Å². The summed E-state index contributed by atoms with van der Waals surface area (Å²) in [6.45, 7) is 0.225. The summed E-state index contributed by atoms with van der Waals surface area (Å²) in [6, 6.07) is 29.0. The van der Waals surface area contributed by atoms with Crippen molar-refractivity contribution in [2.45, 2.75) is 56.8 Å². The molecule has 1 N–H and O–H groups in total. The SMILES string of the molecule is CN(C(=O)N(Cc1ccccc1)C1(c2ccccc2)CC(O)=C(SCCc2ccccc2)C(=O)O1)C1CCCC1. The van der Waals surface area contributed by atoms with Crippen LogP contribution in [0.15, 0.2) is 102 Å². The Bertz CT molecular complexity index is 1330. The zero-order valence-corrected chi connectivity index (χ0v) is 23.7. The molecule has 0 bridgehead atoms. The number of benzene rings is 3. The van der Waals surface area contributed by atoms with E-state index in [4.69, 9.17) is 4.74 Å². The maximum Gasteiger partial charge on any atom is 0.350 e. The number of amides is 2. The quantitative estimate of drug-likeness (QED) is 0.287. The first kappa shape index (κ1) is 27.8. The lowest BCUT2D eigenvalue weighted by Gasteiger charge is -2.47. The van der Waals surface area contributed by atoms with Crippen LogP contribution in [-0.2, 0) is 28.2 Å². The molecule has 2 amide bonds. The lowest BCUT2D eigenvalue weighted by atomic mass is 9.93. The third kappa shape index (κ3) is 6.04. The molecule has 3 aromatic carbocycles. The summed E-state index contributed by atoms with van der Waals surface area (Å²) in [6.07, 6.45) is 4.82. The van der Waals surface area contributed by atoms with Crippen molar-refractivity contribution in [1.29, 1.82) is 0 Å². The number of hydrogen-bond donors (Lipinski definition) is 1. The van der Waals surface area contributed by atoms with Crippen molar-refractivity contribution in [3.63, 3.8) is 0 Å². The molecule has 0 radical (unpaired) electrons. The average molecular weight is 557 g/mol. The molecule has 1 unspecified atom stereocenters. The fourth-order valence-electron chi connectivity index (χ4n) is 5.64. The zero-order chi connectivity index (χ0) is 28.0. The molecule has 40 heavy (non-hydrogen) atoms. The van der Waals surface area contributed by atoms with Crippen LogP contribution in [0.3, 0.4) is 0 Å². The fourth-order valence-corrected chi connectivity index (χ4v) is 6.58. The minimum absolute atomic E-state index is 0.0203. The fraction of sp³-hybridized carbons (Fsp3) is 0.333. The van der Waals surface area contributed by atoms with E-state index in [0.717, 1.165) is 43.2 Å². The maximum absolute atomic E-state index is 14.3. The van der Waals surface area contributed by atoms with E-state index < -0.39 is 11.7 Å². The summed E-state index contributed by atoms with van der Waals surface area (Å²) in [7, 11) is 1.83. The average Bonchev–Trinajstić information content (AvgIpc) is 3.53. The van der Waals surface area contributed by atoms with Crippen LogP contribution in [0.2, 0.25) is 0 Å². The van der Waals surface area contributed by atoms with Gasteiger partial charge in [0.05, 0.1) is 13.0 Å². The van der Waals surface area contributed by atoms with Crippen LogP contribution in [0.1, 0.15) is 48.8 Å². The van der Waals surface area contributed by atoms with Gasteiger partial charge in [0.25, 0.3) is 0 Å². The van der Waals surface area contributed by atoms with E-state index in [9.17, 15) is 14.7 Å². The molecular weight excluding hydrogens is 520 g/mol. The van der Waals surface area contributed by atoms with E-state index >= 15 is 0 Å². The lowest BCUT2D eigenvalue weighted by molar-refractivity contribution is -0.184. The van der Waals surface area contributed by atoms with Gasteiger partial charge in [-0.15, -0.1) is 11.8 Å². The van der Waals surface area contributed by atoms with Crippen molar-refractivity contribution in [1.82, 2.24) is 9.80 Å². The van der Waals surface area contributed by atoms with Gasteiger partial charge in [0.1, 0.15) is 10.7 Å². The molecule has 7 heteroatoms. The minimum Gasteiger partial charge on any atom is -0.511 e. The number of esters is 1. The summed E-state index contributed by atoms with van der Waals surface area (Å²) in [5, 5.41) is 11.4. The largest absolute Gasteiger partial charge is 0.511 e. The highest BCUT2D eigenvalue weighted by Crippen LogP contribution is 2.44. The summed E-state index contributed by atoms with van der Waals surface area (Å²) in [4.78, 5) is 31.6. The number of rotatable bonds is 9. The van der Waals surface area contributed by atoms with Gasteiger partial charge in [-0.1, -0.05) is 104 Å². The maximum atomic E-state index is 14.3. The van der Waals surface area contributed by atoms with E-state index in [1.807, 2.05) is 98.0 Å². The minimum atomic E-state index is -1.49. The molecule has 1 heterocycles. The molecule has 1 atom stereocenters. The molecule has 0 spiro atoms. The van der Waals surface area contributed by atoms with Crippen LogP contribution < -0.4 is 0 Å². The Morgan fingerprint density at radius 2 is 1.50 bits per heavy atom. The molecule has 2 aliphatic rings. The molecule has 1 fully saturated rings. The van der Waals surface area contributed by atoms with Gasteiger partial charge < -0.3 is 14.7 Å². The second-order valence-corrected chi connectivity index (χ2v) is 11.6.